The zero-order valence-electron chi connectivity index (χ0n) is 9.17. The molecule has 16 heavy (non-hydrogen) atoms. The van der Waals surface area contributed by atoms with E-state index in [9.17, 15) is 8.78 Å². The Morgan fingerprint density at radius 1 is 1.44 bits per heavy atom. The standard InChI is InChI=1S/C12H15F2NO/c1-8-4-10(2-3-11(8)15)16-7-9-5-12(13,14)6-9/h2-4,9H,5-7,15H2,1H3. The van der Waals surface area contributed by atoms with Crippen molar-refractivity contribution in [3.05, 3.63) is 23.8 Å². The van der Waals surface area contributed by atoms with Gasteiger partial charge < -0.3 is 10.5 Å². The Balaban J connectivity index is 1.84. The Bertz CT molecular complexity index is 385. The fourth-order valence-corrected chi connectivity index (χ4v) is 1.85. The molecule has 0 saturated heterocycles. The van der Waals surface area contributed by atoms with Gasteiger partial charge in [0.15, 0.2) is 0 Å². The van der Waals surface area contributed by atoms with Gasteiger partial charge >= 0.3 is 0 Å². The highest BCUT2D eigenvalue weighted by molar-refractivity contribution is 5.49. The van der Waals surface area contributed by atoms with E-state index in [0.29, 0.717) is 18.0 Å². The minimum Gasteiger partial charge on any atom is -0.493 e. The fourth-order valence-electron chi connectivity index (χ4n) is 1.85. The van der Waals surface area contributed by atoms with Crippen LogP contribution in [0.3, 0.4) is 0 Å². The summed E-state index contributed by atoms with van der Waals surface area (Å²) < 4.78 is 30.6. The minimum absolute atomic E-state index is 0.0205. The summed E-state index contributed by atoms with van der Waals surface area (Å²) in [7, 11) is 0. The van der Waals surface area contributed by atoms with Crippen LogP contribution in [0.5, 0.6) is 5.75 Å². The molecule has 1 aliphatic rings. The molecule has 1 aromatic carbocycles. The van der Waals surface area contributed by atoms with Gasteiger partial charge in [-0.25, -0.2) is 8.78 Å². The monoisotopic (exact) mass is 227 g/mol. The molecule has 0 heterocycles. The first-order valence-electron chi connectivity index (χ1n) is 5.33. The Labute approximate surface area is 93.4 Å². The largest absolute Gasteiger partial charge is 0.493 e. The van der Waals surface area contributed by atoms with Crippen LogP contribution in [0.4, 0.5) is 14.5 Å². The van der Waals surface area contributed by atoms with Crippen molar-refractivity contribution in [2.24, 2.45) is 5.92 Å². The van der Waals surface area contributed by atoms with Crippen molar-refractivity contribution in [1.82, 2.24) is 0 Å². The number of anilines is 1. The van der Waals surface area contributed by atoms with Crippen molar-refractivity contribution in [3.63, 3.8) is 0 Å². The maximum absolute atomic E-state index is 12.6. The molecular weight excluding hydrogens is 212 g/mol. The molecule has 0 aromatic heterocycles. The lowest BCUT2D eigenvalue weighted by Gasteiger charge is -2.34. The van der Waals surface area contributed by atoms with Crippen LogP contribution in [0.15, 0.2) is 18.2 Å². The van der Waals surface area contributed by atoms with Crippen LogP contribution < -0.4 is 10.5 Å². The molecule has 1 fully saturated rings. The number of benzene rings is 1. The lowest BCUT2D eigenvalue weighted by atomic mass is 9.82. The molecule has 1 saturated carbocycles. The zero-order valence-corrected chi connectivity index (χ0v) is 9.17. The first-order chi connectivity index (χ1) is 7.46. The summed E-state index contributed by atoms with van der Waals surface area (Å²) in [5.74, 6) is -1.79. The van der Waals surface area contributed by atoms with Crippen LogP contribution in [-0.4, -0.2) is 12.5 Å². The molecule has 0 unspecified atom stereocenters. The quantitative estimate of drug-likeness (QED) is 0.805. The molecule has 2 rings (SSSR count). The van der Waals surface area contributed by atoms with Crippen LogP contribution in [0.1, 0.15) is 18.4 Å². The van der Waals surface area contributed by atoms with Gasteiger partial charge in [0, 0.05) is 24.4 Å². The lowest BCUT2D eigenvalue weighted by Crippen LogP contribution is -2.38. The van der Waals surface area contributed by atoms with E-state index >= 15 is 0 Å². The van der Waals surface area contributed by atoms with Crippen LogP contribution in [0.25, 0.3) is 0 Å². The number of ether oxygens (including phenoxy) is 1. The van der Waals surface area contributed by atoms with Gasteiger partial charge in [0.05, 0.1) is 6.61 Å². The number of hydrogen-bond acceptors (Lipinski definition) is 2. The number of halogens is 2. The van der Waals surface area contributed by atoms with Crippen molar-refractivity contribution >= 4 is 5.69 Å². The molecule has 0 aliphatic heterocycles. The second kappa shape index (κ2) is 3.92. The van der Waals surface area contributed by atoms with Crippen LogP contribution in [-0.2, 0) is 0 Å². The summed E-state index contributed by atoms with van der Waals surface area (Å²) in [6, 6.07) is 5.35. The third kappa shape index (κ3) is 2.43. The molecule has 0 amide bonds. The smallest absolute Gasteiger partial charge is 0.248 e. The van der Waals surface area contributed by atoms with Gasteiger partial charge in [0.1, 0.15) is 5.75 Å². The van der Waals surface area contributed by atoms with Crippen LogP contribution in [0, 0.1) is 12.8 Å². The highest BCUT2D eigenvalue weighted by Gasteiger charge is 2.45. The summed E-state index contributed by atoms with van der Waals surface area (Å²) in [5.41, 5.74) is 7.31. The third-order valence-electron chi connectivity index (χ3n) is 2.90. The summed E-state index contributed by atoms with van der Waals surface area (Å²) in [4.78, 5) is 0. The van der Waals surface area contributed by atoms with E-state index in [-0.39, 0.29) is 18.8 Å². The summed E-state index contributed by atoms with van der Waals surface area (Å²) >= 11 is 0. The number of alkyl halides is 2. The molecular formula is C12H15F2NO. The van der Waals surface area contributed by atoms with Gasteiger partial charge in [-0.3, -0.25) is 0 Å². The van der Waals surface area contributed by atoms with Crippen molar-refractivity contribution in [1.29, 1.82) is 0 Å². The number of nitrogen functional groups attached to an aromatic ring is 1. The van der Waals surface area contributed by atoms with Gasteiger partial charge in [-0.2, -0.15) is 0 Å². The number of aryl methyl sites for hydroxylation is 1. The van der Waals surface area contributed by atoms with E-state index in [1.807, 2.05) is 13.0 Å². The minimum atomic E-state index is -2.47. The average molecular weight is 227 g/mol. The molecule has 0 atom stereocenters. The predicted octanol–water partition coefficient (Wildman–Crippen LogP) is 3.00. The van der Waals surface area contributed by atoms with E-state index in [2.05, 4.69) is 0 Å². The Morgan fingerprint density at radius 2 is 2.12 bits per heavy atom. The highest BCUT2D eigenvalue weighted by atomic mass is 19.3. The SMILES string of the molecule is Cc1cc(OCC2CC(F)(F)C2)ccc1N. The van der Waals surface area contributed by atoms with Gasteiger partial charge in [-0.05, 0) is 30.7 Å². The molecule has 1 aliphatic carbocycles. The molecule has 0 spiro atoms. The zero-order chi connectivity index (χ0) is 11.8. The van der Waals surface area contributed by atoms with E-state index in [1.165, 1.54) is 0 Å². The van der Waals surface area contributed by atoms with E-state index in [4.69, 9.17) is 10.5 Å². The second-order valence-corrected chi connectivity index (χ2v) is 4.46. The molecule has 88 valence electrons. The van der Waals surface area contributed by atoms with Gasteiger partial charge in [0.2, 0.25) is 5.92 Å². The maximum atomic E-state index is 12.6. The fraction of sp³-hybridized carbons (Fsp3) is 0.500. The van der Waals surface area contributed by atoms with Crippen LogP contribution in [0.2, 0.25) is 0 Å². The van der Waals surface area contributed by atoms with E-state index < -0.39 is 5.92 Å². The maximum Gasteiger partial charge on any atom is 0.248 e. The first kappa shape index (κ1) is 11.2. The highest BCUT2D eigenvalue weighted by Crippen LogP contribution is 2.42. The van der Waals surface area contributed by atoms with Crippen molar-refractivity contribution in [2.75, 3.05) is 12.3 Å². The summed E-state index contributed by atoms with van der Waals surface area (Å²) in [6.07, 6.45) is -0.109. The normalized spacial score (nSPS) is 19.2. The van der Waals surface area contributed by atoms with Crippen molar-refractivity contribution in [3.8, 4) is 5.75 Å². The molecule has 1 aromatic rings. The Morgan fingerprint density at radius 3 is 2.69 bits per heavy atom. The van der Waals surface area contributed by atoms with E-state index in [1.54, 1.807) is 12.1 Å². The topological polar surface area (TPSA) is 35.2 Å². The predicted molar refractivity (Wildman–Crippen MR) is 58.8 cm³/mol. The molecule has 2 N–H and O–H groups in total. The molecule has 4 heteroatoms. The van der Waals surface area contributed by atoms with Gasteiger partial charge in [0.25, 0.3) is 0 Å². The second-order valence-electron chi connectivity index (χ2n) is 4.46. The lowest BCUT2D eigenvalue weighted by molar-refractivity contribution is -0.119. The number of hydrogen-bond donors (Lipinski definition) is 1. The molecule has 0 bridgehead atoms. The third-order valence-corrected chi connectivity index (χ3v) is 2.90. The molecule has 2 nitrogen and oxygen atoms in total. The Kier molecular flexibility index (Phi) is 2.74. The summed E-state index contributed by atoms with van der Waals surface area (Å²) in [5, 5.41) is 0. The number of rotatable bonds is 3. The van der Waals surface area contributed by atoms with Gasteiger partial charge in [-0.1, -0.05) is 0 Å². The van der Waals surface area contributed by atoms with Crippen LogP contribution >= 0.6 is 0 Å². The van der Waals surface area contributed by atoms with Crippen molar-refractivity contribution < 1.29 is 13.5 Å². The Hall–Kier alpha value is -1.32. The number of nitrogens with two attached hydrogens (primary N) is 1. The first-order valence-corrected chi connectivity index (χ1v) is 5.33. The summed E-state index contributed by atoms with van der Waals surface area (Å²) in [6.45, 7) is 2.25. The molecule has 0 radical (unpaired) electrons. The average Bonchev–Trinajstić information content (AvgIpc) is 2.16. The van der Waals surface area contributed by atoms with E-state index in [0.717, 1.165) is 5.56 Å². The van der Waals surface area contributed by atoms with Crippen molar-refractivity contribution in [2.45, 2.75) is 25.7 Å². The van der Waals surface area contributed by atoms with Gasteiger partial charge in [-0.15, -0.1) is 0 Å².